The third-order valence-corrected chi connectivity index (χ3v) is 3.44. The Kier molecular flexibility index (Phi) is 4.86. The van der Waals surface area contributed by atoms with Crippen molar-refractivity contribution in [2.24, 2.45) is 5.92 Å². The molecule has 1 aromatic heterocycles. The molecule has 2 rings (SSSR count). The largest absolute Gasteiger partial charge is 0.396 e. The lowest BCUT2D eigenvalue weighted by Crippen LogP contribution is -2.41. The Morgan fingerprint density at radius 3 is 3.11 bits per heavy atom. The van der Waals surface area contributed by atoms with Crippen LogP contribution in [0.15, 0.2) is 4.63 Å². The summed E-state index contributed by atoms with van der Waals surface area (Å²) >= 11 is 0. The monoisotopic (exact) mass is 268 g/mol. The molecule has 1 amide bonds. The van der Waals surface area contributed by atoms with E-state index < -0.39 is 0 Å². The van der Waals surface area contributed by atoms with Crippen molar-refractivity contribution in [1.82, 2.24) is 20.5 Å². The molecule has 1 aromatic rings. The number of carbonyl (C=O) groups excluding carboxylic acids is 1. The Balaban J connectivity index is 1.72. The topological polar surface area (TPSA) is 91.5 Å². The first-order valence-electron chi connectivity index (χ1n) is 6.61. The molecule has 1 aliphatic heterocycles. The zero-order valence-electron chi connectivity index (χ0n) is 11.1. The maximum Gasteiger partial charge on any atom is 0.275 e. The van der Waals surface area contributed by atoms with E-state index in [1.165, 1.54) is 0 Å². The number of amides is 1. The van der Waals surface area contributed by atoms with Crippen LogP contribution in [-0.2, 0) is 0 Å². The van der Waals surface area contributed by atoms with Gasteiger partial charge in [0.05, 0.1) is 0 Å². The smallest absolute Gasteiger partial charge is 0.275 e. The molecule has 0 unspecified atom stereocenters. The van der Waals surface area contributed by atoms with Gasteiger partial charge in [-0.15, -0.1) is 0 Å². The standard InChI is InChI=1S/C12H20N4O3/c1-9-11(15-19-14-9)12(18)13-4-6-16-5-2-3-10(7-16)8-17/h10,17H,2-8H2,1H3,(H,13,18)/t10-/m1/s1. The van der Waals surface area contributed by atoms with Crippen LogP contribution in [0.2, 0.25) is 0 Å². The number of aryl methyl sites for hydroxylation is 1. The minimum Gasteiger partial charge on any atom is -0.396 e. The first kappa shape index (κ1) is 14.0. The zero-order valence-corrected chi connectivity index (χ0v) is 11.1. The Morgan fingerprint density at radius 2 is 2.42 bits per heavy atom. The highest BCUT2D eigenvalue weighted by molar-refractivity contribution is 5.92. The average Bonchev–Trinajstić information content (AvgIpc) is 2.85. The van der Waals surface area contributed by atoms with E-state index in [-0.39, 0.29) is 18.2 Å². The number of aliphatic hydroxyl groups excluding tert-OH is 1. The van der Waals surface area contributed by atoms with Crippen molar-refractivity contribution >= 4 is 5.91 Å². The summed E-state index contributed by atoms with van der Waals surface area (Å²) in [6, 6.07) is 0. The van der Waals surface area contributed by atoms with Crippen molar-refractivity contribution in [1.29, 1.82) is 0 Å². The lowest BCUT2D eigenvalue weighted by atomic mass is 9.99. The van der Waals surface area contributed by atoms with Gasteiger partial charge in [0.1, 0.15) is 5.69 Å². The van der Waals surface area contributed by atoms with Gasteiger partial charge in [-0.05, 0) is 37.4 Å². The molecule has 0 bridgehead atoms. The maximum atomic E-state index is 11.8. The van der Waals surface area contributed by atoms with Gasteiger partial charge in [0.15, 0.2) is 5.69 Å². The number of aromatic nitrogens is 2. The molecule has 0 spiro atoms. The molecule has 7 heteroatoms. The van der Waals surface area contributed by atoms with Crippen molar-refractivity contribution in [2.75, 3.05) is 32.8 Å². The SMILES string of the molecule is Cc1nonc1C(=O)NCCN1CCC[C@@H](CO)C1. The maximum absolute atomic E-state index is 11.8. The van der Waals surface area contributed by atoms with E-state index in [0.717, 1.165) is 32.5 Å². The van der Waals surface area contributed by atoms with Gasteiger partial charge in [-0.3, -0.25) is 4.79 Å². The van der Waals surface area contributed by atoms with Crippen LogP contribution in [0.1, 0.15) is 29.0 Å². The van der Waals surface area contributed by atoms with Crippen molar-refractivity contribution in [3.8, 4) is 0 Å². The Hall–Kier alpha value is -1.47. The number of aliphatic hydroxyl groups is 1. The molecule has 0 saturated carbocycles. The summed E-state index contributed by atoms with van der Waals surface area (Å²) < 4.78 is 4.49. The van der Waals surface area contributed by atoms with E-state index in [9.17, 15) is 4.79 Å². The summed E-state index contributed by atoms with van der Waals surface area (Å²) in [7, 11) is 0. The molecular weight excluding hydrogens is 248 g/mol. The van der Waals surface area contributed by atoms with Gasteiger partial charge >= 0.3 is 0 Å². The summed E-state index contributed by atoms with van der Waals surface area (Å²) in [6.45, 7) is 5.19. The van der Waals surface area contributed by atoms with Crippen molar-refractivity contribution < 1.29 is 14.5 Å². The minimum absolute atomic E-state index is 0.242. The van der Waals surface area contributed by atoms with Gasteiger partial charge in [-0.2, -0.15) is 0 Å². The normalized spacial score (nSPS) is 20.4. The summed E-state index contributed by atoms with van der Waals surface area (Å²) in [5.74, 6) is 0.112. The van der Waals surface area contributed by atoms with Gasteiger partial charge in [-0.25, -0.2) is 4.63 Å². The summed E-state index contributed by atoms with van der Waals surface area (Å²) in [5, 5.41) is 19.1. The molecular formula is C12H20N4O3. The molecule has 1 saturated heterocycles. The predicted octanol–water partition coefficient (Wildman–Crippen LogP) is -0.188. The summed E-state index contributed by atoms with van der Waals surface area (Å²) in [5.41, 5.74) is 0.739. The summed E-state index contributed by atoms with van der Waals surface area (Å²) in [6.07, 6.45) is 2.19. The number of piperidine rings is 1. The Bertz CT molecular complexity index is 421. The molecule has 106 valence electrons. The van der Waals surface area contributed by atoms with E-state index in [1.807, 2.05) is 0 Å². The molecule has 2 N–H and O–H groups in total. The number of hydrogen-bond acceptors (Lipinski definition) is 6. The first-order valence-corrected chi connectivity index (χ1v) is 6.61. The first-order chi connectivity index (χ1) is 9.20. The molecule has 0 aliphatic carbocycles. The van der Waals surface area contributed by atoms with E-state index in [0.29, 0.717) is 18.2 Å². The fourth-order valence-electron chi connectivity index (χ4n) is 2.35. The van der Waals surface area contributed by atoms with Crippen LogP contribution in [0.3, 0.4) is 0 Å². The summed E-state index contributed by atoms with van der Waals surface area (Å²) in [4.78, 5) is 14.0. The number of carbonyl (C=O) groups is 1. The zero-order chi connectivity index (χ0) is 13.7. The predicted molar refractivity (Wildman–Crippen MR) is 67.6 cm³/mol. The fourth-order valence-corrected chi connectivity index (χ4v) is 2.35. The molecule has 2 heterocycles. The number of nitrogens with zero attached hydrogens (tertiary/aromatic N) is 3. The van der Waals surface area contributed by atoms with Crippen molar-refractivity contribution in [3.63, 3.8) is 0 Å². The van der Waals surface area contributed by atoms with Crippen LogP contribution in [0.5, 0.6) is 0 Å². The van der Waals surface area contributed by atoms with Gasteiger partial charge in [0, 0.05) is 26.2 Å². The highest BCUT2D eigenvalue weighted by Gasteiger charge is 2.19. The number of nitrogens with one attached hydrogen (secondary N) is 1. The highest BCUT2D eigenvalue weighted by Crippen LogP contribution is 2.14. The van der Waals surface area contributed by atoms with Crippen LogP contribution in [0, 0.1) is 12.8 Å². The Labute approximate surface area is 111 Å². The van der Waals surface area contributed by atoms with E-state index >= 15 is 0 Å². The lowest BCUT2D eigenvalue weighted by Gasteiger charge is -2.31. The number of likely N-dealkylation sites (tertiary alicyclic amines) is 1. The molecule has 1 aliphatic rings. The molecule has 7 nitrogen and oxygen atoms in total. The molecule has 19 heavy (non-hydrogen) atoms. The highest BCUT2D eigenvalue weighted by atomic mass is 16.6. The van der Waals surface area contributed by atoms with E-state index in [1.54, 1.807) is 6.92 Å². The van der Waals surface area contributed by atoms with Gasteiger partial charge in [-0.1, -0.05) is 5.16 Å². The lowest BCUT2D eigenvalue weighted by molar-refractivity contribution is 0.0921. The fraction of sp³-hybridized carbons (Fsp3) is 0.750. The van der Waals surface area contributed by atoms with Crippen LogP contribution in [0.25, 0.3) is 0 Å². The second-order valence-electron chi connectivity index (χ2n) is 4.95. The number of hydrogen-bond donors (Lipinski definition) is 2. The van der Waals surface area contributed by atoms with Gasteiger partial charge < -0.3 is 15.3 Å². The minimum atomic E-state index is -0.255. The molecule has 1 atom stereocenters. The second kappa shape index (κ2) is 6.63. The van der Waals surface area contributed by atoms with Crippen molar-refractivity contribution in [3.05, 3.63) is 11.4 Å². The van der Waals surface area contributed by atoms with Crippen molar-refractivity contribution in [2.45, 2.75) is 19.8 Å². The van der Waals surface area contributed by atoms with Crippen LogP contribution >= 0.6 is 0 Å². The average molecular weight is 268 g/mol. The van der Waals surface area contributed by atoms with Crippen LogP contribution in [0.4, 0.5) is 0 Å². The van der Waals surface area contributed by atoms with E-state index in [4.69, 9.17) is 5.11 Å². The second-order valence-corrected chi connectivity index (χ2v) is 4.95. The number of rotatable bonds is 5. The van der Waals surface area contributed by atoms with E-state index in [2.05, 4.69) is 25.2 Å². The molecule has 1 fully saturated rings. The van der Waals surface area contributed by atoms with Crippen LogP contribution < -0.4 is 5.32 Å². The molecule has 0 aromatic carbocycles. The quantitative estimate of drug-likeness (QED) is 0.769. The van der Waals surface area contributed by atoms with Gasteiger partial charge in [0.25, 0.3) is 5.91 Å². The molecule has 0 radical (unpaired) electrons. The Morgan fingerprint density at radius 1 is 1.58 bits per heavy atom. The third kappa shape index (κ3) is 3.74. The third-order valence-electron chi connectivity index (χ3n) is 3.44. The van der Waals surface area contributed by atoms with Gasteiger partial charge in [0.2, 0.25) is 0 Å². The van der Waals surface area contributed by atoms with Crippen LogP contribution in [-0.4, -0.2) is 59.0 Å².